The normalized spacial score (nSPS) is 21.0. The lowest BCUT2D eigenvalue weighted by molar-refractivity contribution is -0.378. The number of para-hydroxylation sites is 2. The predicted octanol–water partition coefficient (Wildman–Crippen LogP) is 5.40. The summed E-state index contributed by atoms with van der Waals surface area (Å²) in [5.74, 6) is -0.448. The zero-order chi connectivity index (χ0) is 23.9. The summed E-state index contributed by atoms with van der Waals surface area (Å²) in [4.78, 5) is 32.6. The number of allylic oxidation sites excluding steroid dienone is 1. The summed E-state index contributed by atoms with van der Waals surface area (Å²) in [6.07, 6.45) is 6.48. The number of nitrogens with one attached hydrogen (secondary N) is 2. The van der Waals surface area contributed by atoms with Gasteiger partial charge in [0.15, 0.2) is 12.4 Å². The average Bonchev–Trinajstić information content (AvgIpc) is 2.94. The monoisotopic (exact) mass is 472 g/mol. The first-order valence-electron chi connectivity index (χ1n) is 11.5. The van der Waals surface area contributed by atoms with Crippen LogP contribution in [0.1, 0.15) is 37.4 Å². The van der Waals surface area contributed by atoms with Gasteiger partial charge in [0.2, 0.25) is 5.91 Å². The molecule has 34 heavy (non-hydrogen) atoms. The number of aromatic amines is 1. The quantitative estimate of drug-likeness (QED) is 0.555. The number of hydrogen-bond donors (Lipinski definition) is 1. The van der Waals surface area contributed by atoms with Crippen LogP contribution in [0, 0.1) is 11.3 Å². The third kappa shape index (κ3) is 4.24. The zero-order valence-corrected chi connectivity index (χ0v) is 20.0. The van der Waals surface area contributed by atoms with Gasteiger partial charge in [0.05, 0.1) is 29.8 Å². The Bertz CT molecular complexity index is 1270. The summed E-state index contributed by atoms with van der Waals surface area (Å²) in [7, 11) is 0. The van der Waals surface area contributed by atoms with Crippen LogP contribution in [0.3, 0.4) is 0 Å². The van der Waals surface area contributed by atoms with E-state index in [2.05, 4.69) is 30.2 Å². The second-order valence-electron chi connectivity index (χ2n) is 9.70. The maximum absolute atomic E-state index is 14.0. The number of pyridine rings is 1. The second-order valence-corrected chi connectivity index (χ2v) is 10.1. The Morgan fingerprint density at radius 3 is 2.62 bits per heavy atom. The van der Waals surface area contributed by atoms with E-state index < -0.39 is 12.0 Å². The van der Waals surface area contributed by atoms with Crippen LogP contribution in [0.25, 0.3) is 0 Å². The molecule has 0 radical (unpaired) electrons. The number of rotatable bonds is 3. The Labute approximate surface area is 204 Å². The van der Waals surface area contributed by atoms with E-state index in [1.807, 2.05) is 65.8 Å². The Kier molecular flexibility index (Phi) is 5.74. The molecular weight excluding hydrogens is 446 g/mol. The number of hydrogen-bond acceptors (Lipinski definition) is 3. The highest BCUT2D eigenvalue weighted by molar-refractivity contribution is 6.30. The maximum atomic E-state index is 14.0. The number of fused-ring (bicyclic) bond motifs is 2. The van der Waals surface area contributed by atoms with Gasteiger partial charge in [-0.1, -0.05) is 55.8 Å². The van der Waals surface area contributed by atoms with Crippen molar-refractivity contribution in [3.05, 3.63) is 101 Å². The van der Waals surface area contributed by atoms with E-state index in [-0.39, 0.29) is 23.5 Å². The molecule has 1 aromatic heterocycles. The molecule has 0 bridgehead atoms. The first kappa shape index (κ1) is 22.4. The summed E-state index contributed by atoms with van der Waals surface area (Å²) in [6, 6.07) is 18.5. The van der Waals surface area contributed by atoms with Crippen molar-refractivity contribution < 1.29 is 14.6 Å². The molecule has 0 fully saturated rings. The minimum Gasteiger partial charge on any atom is -0.357 e. The van der Waals surface area contributed by atoms with E-state index in [0.29, 0.717) is 11.4 Å². The van der Waals surface area contributed by atoms with E-state index in [1.165, 1.54) is 0 Å². The fraction of sp³-hybridized carbons (Fsp3) is 0.250. The molecule has 2 unspecified atom stereocenters. The van der Waals surface area contributed by atoms with E-state index in [0.717, 1.165) is 28.2 Å². The van der Waals surface area contributed by atoms with Crippen LogP contribution in [0.4, 0.5) is 11.4 Å². The highest BCUT2D eigenvalue weighted by atomic mass is 35.5. The average molecular weight is 473 g/mol. The standard InChI is InChI=1S/C28H26ClN3O2/c1-28(2)15-22-26(24(33)16-28)27(19-6-5-13-30-17-19)32(23-8-4-3-7-21(23)31-22)25(34)14-18-9-11-20(29)12-10-18/h3-13,15,17,26-27,31H,14,16H2,1-2H3/p+1. The summed E-state index contributed by atoms with van der Waals surface area (Å²) >= 11 is 6.05. The van der Waals surface area contributed by atoms with Crippen LogP contribution in [0.15, 0.2) is 84.8 Å². The molecule has 5 rings (SSSR count). The third-order valence-corrected chi connectivity index (χ3v) is 6.76. The van der Waals surface area contributed by atoms with E-state index in [4.69, 9.17) is 11.6 Å². The molecule has 2 aromatic carbocycles. The van der Waals surface area contributed by atoms with Crippen LogP contribution in [0.5, 0.6) is 0 Å². The Morgan fingerprint density at radius 1 is 1.12 bits per heavy atom. The molecule has 0 spiro atoms. The topological polar surface area (TPSA) is 63.6 Å². The summed E-state index contributed by atoms with van der Waals surface area (Å²) < 4.78 is 0. The predicted molar refractivity (Wildman–Crippen MR) is 133 cm³/mol. The fourth-order valence-corrected chi connectivity index (χ4v) is 5.21. The number of amides is 1. The molecule has 2 heterocycles. The molecule has 172 valence electrons. The first-order valence-corrected chi connectivity index (χ1v) is 11.8. The van der Waals surface area contributed by atoms with E-state index >= 15 is 0 Å². The molecule has 5 nitrogen and oxygen atoms in total. The maximum Gasteiger partial charge on any atom is 0.232 e. The number of nitrogens with zero attached hydrogens (tertiary/aromatic N) is 1. The number of carbonyl (C=O) groups excluding carboxylic acids is 2. The Balaban J connectivity index is 1.69. The lowest BCUT2D eigenvalue weighted by Crippen LogP contribution is -2.44. The number of anilines is 2. The van der Waals surface area contributed by atoms with Crippen molar-refractivity contribution in [2.24, 2.45) is 11.3 Å². The van der Waals surface area contributed by atoms with Crippen molar-refractivity contribution in [3.8, 4) is 0 Å². The number of H-pyrrole nitrogens is 1. The van der Waals surface area contributed by atoms with Gasteiger partial charge in [-0.05, 0) is 41.3 Å². The second kappa shape index (κ2) is 8.73. The van der Waals surface area contributed by atoms with Gasteiger partial charge in [0.25, 0.3) is 0 Å². The van der Waals surface area contributed by atoms with Crippen LogP contribution in [-0.4, -0.2) is 11.7 Å². The SMILES string of the molecule is CC1(C)C=C2Nc3ccccc3N(C(=O)Cc3ccc(Cl)cc3)C(c3ccc[nH+]c3)C2C(=O)C1. The molecule has 1 aliphatic carbocycles. The Morgan fingerprint density at radius 2 is 1.88 bits per heavy atom. The van der Waals surface area contributed by atoms with Gasteiger partial charge in [-0.2, -0.15) is 0 Å². The largest absolute Gasteiger partial charge is 0.357 e. The molecule has 1 amide bonds. The molecular formula is C28H27ClN3O2+. The van der Waals surface area contributed by atoms with Gasteiger partial charge in [0, 0.05) is 28.8 Å². The highest BCUT2D eigenvalue weighted by Crippen LogP contribution is 2.48. The highest BCUT2D eigenvalue weighted by Gasteiger charge is 2.46. The van der Waals surface area contributed by atoms with Crippen molar-refractivity contribution in [3.63, 3.8) is 0 Å². The minimum absolute atomic E-state index is 0.0793. The number of carbonyl (C=O) groups is 2. The van der Waals surface area contributed by atoms with Gasteiger partial charge in [0.1, 0.15) is 5.78 Å². The summed E-state index contributed by atoms with van der Waals surface area (Å²) in [5, 5.41) is 4.15. The molecule has 1 aliphatic heterocycles. The van der Waals surface area contributed by atoms with Crippen molar-refractivity contribution in [2.45, 2.75) is 32.7 Å². The van der Waals surface area contributed by atoms with Gasteiger partial charge in [-0.15, -0.1) is 0 Å². The molecule has 3 aromatic rings. The van der Waals surface area contributed by atoms with Crippen LogP contribution < -0.4 is 15.2 Å². The molecule has 2 aliphatic rings. The van der Waals surface area contributed by atoms with E-state index in [1.54, 1.807) is 12.1 Å². The Hall–Kier alpha value is -3.44. The number of ketones is 1. The van der Waals surface area contributed by atoms with Gasteiger partial charge in [-0.3, -0.25) is 9.59 Å². The van der Waals surface area contributed by atoms with Gasteiger partial charge in [-0.25, -0.2) is 4.98 Å². The zero-order valence-electron chi connectivity index (χ0n) is 19.2. The smallest absolute Gasteiger partial charge is 0.232 e. The number of benzene rings is 2. The molecule has 6 heteroatoms. The number of aromatic nitrogens is 1. The van der Waals surface area contributed by atoms with Crippen molar-refractivity contribution in [1.82, 2.24) is 0 Å². The molecule has 2 N–H and O–H groups in total. The third-order valence-electron chi connectivity index (χ3n) is 6.50. The summed E-state index contributed by atoms with van der Waals surface area (Å²) in [6.45, 7) is 4.14. The summed E-state index contributed by atoms with van der Waals surface area (Å²) in [5.41, 5.74) is 3.92. The fourth-order valence-electron chi connectivity index (χ4n) is 5.08. The first-order chi connectivity index (χ1) is 16.3. The minimum atomic E-state index is -0.495. The lowest BCUT2D eigenvalue weighted by Gasteiger charge is -2.38. The van der Waals surface area contributed by atoms with Gasteiger partial charge < -0.3 is 10.2 Å². The lowest BCUT2D eigenvalue weighted by atomic mass is 9.72. The van der Waals surface area contributed by atoms with Crippen LogP contribution in [0.2, 0.25) is 5.02 Å². The van der Waals surface area contributed by atoms with Gasteiger partial charge >= 0.3 is 0 Å². The molecule has 2 atom stereocenters. The van der Waals surface area contributed by atoms with Crippen molar-refractivity contribution in [1.29, 1.82) is 0 Å². The van der Waals surface area contributed by atoms with Crippen LogP contribution >= 0.6 is 11.6 Å². The molecule has 0 saturated carbocycles. The van der Waals surface area contributed by atoms with E-state index in [9.17, 15) is 9.59 Å². The molecule has 0 saturated heterocycles. The van der Waals surface area contributed by atoms with Crippen molar-refractivity contribution >= 4 is 34.7 Å². The number of halogens is 1. The van der Waals surface area contributed by atoms with Crippen molar-refractivity contribution in [2.75, 3.05) is 10.2 Å². The van der Waals surface area contributed by atoms with Crippen LogP contribution in [-0.2, 0) is 16.0 Å². The number of Topliss-reactive ketones (excluding diaryl/α,β-unsaturated/α-hetero) is 1.